The van der Waals surface area contributed by atoms with Crippen molar-refractivity contribution in [3.8, 4) is 11.4 Å². The highest BCUT2D eigenvalue weighted by Crippen LogP contribution is 2.48. The van der Waals surface area contributed by atoms with Crippen LogP contribution in [0.15, 0.2) is 103 Å². The third kappa shape index (κ3) is 2.53. The molecule has 3 aliphatic rings. The molecule has 2 heteroatoms. The maximum atomic E-state index is 6.51. The summed E-state index contributed by atoms with van der Waals surface area (Å²) in [5.74, 6) is 1.34. The van der Waals surface area contributed by atoms with Gasteiger partial charge in [-0.1, -0.05) is 72.9 Å². The molecule has 32 heavy (non-hydrogen) atoms. The van der Waals surface area contributed by atoms with Gasteiger partial charge >= 0.3 is 0 Å². The number of ether oxygens (including phenoxy) is 1. The maximum Gasteiger partial charge on any atom is 0.134 e. The van der Waals surface area contributed by atoms with Gasteiger partial charge in [0.1, 0.15) is 11.9 Å². The van der Waals surface area contributed by atoms with Gasteiger partial charge in [0.05, 0.1) is 16.4 Å². The van der Waals surface area contributed by atoms with Crippen LogP contribution in [0.2, 0.25) is 0 Å². The number of aromatic nitrogens is 1. The Morgan fingerprint density at radius 3 is 2.56 bits per heavy atom. The van der Waals surface area contributed by atoms with E-state index in [-0.39, 0.29) is 6.10 Å². The standard InChI is InChI=1S/C30H23NO/c1-2-8-20(9-3-1)21-14-16-22(17-15-21)31-26-12-6-4-11-25(26)29-27(31)19-18-24-23-10-5-7-13-28(23)32-30(24)29/h2,4-19,23,28H,1,3H2/t23-,28?/m1/s1. The van der Waals surface area contributed by atoms with Gasteiger partial charge in [0.25, 0.3) is 0 Å². The van der Waals surface area contributed by atoms with Crippen molar-refractivity contribution < 1.29 is 4.74 Å². The van der Waals surface area contributed by atoms with Gasteiger partial charge < -0.3 is 9.30 Å². The molecule has 2 atom stereocenters. The Balaban J connectivity index is 1.44. The molecule has 0 fully saturated rings. The molecular formula is C30H23NO. The van der Waals surface area contributed by atoms with Gasteiger partial charge in [0.15, 0.2) is 0 Å². The Morgan fingerprint density at radius 2 is 1.69 bits per heavy atom. The molecular weight excluding hydrogens is 390 g/mol. The molecule has 154 valence electrons. The minimum atomic E-state index is 0.0961. The molecule has 2 heterocycles. The van der Waals surface area contributed by atoms with Crippen LogP contribution in [0, 0.1) is 0 Å². The second-order valence-corrected chi connectivity index (χ2v) is 8.79. The lowest BCUT2D eigenvalue weighted by atomic mass is 9.91. The van der Waals surface area contributed by atoms with Crippen LogP contribution < -0.4 is 4.74 Å². The highest BCUT2D eigenvalue weighted by molar-refractivity contribution is 6.13. The number of fused-ring (bicyclic) bond motifs is 7. The van der Waals surface area contributed by atoms with Gasteiger partial charge in [0, 0.05) is 22.6 Å². The fourth-order valence-corrected chi connectivity index (χ4v) is 5.46. The second-order valence-electron chi connectivity index (χ2n) is 8.79. The lowest BCUT2D eigenvalue weighted by Gasteiger charge is -2.13. The van der Waals surface area contributed by atoms with Gasteiger partial charge in [-0.15, -0.1) is 0 Å². The number of allylic oxidation sites excluding steroid dienone is 6. The Labute approximate surface area is 187 Å². The average Bonchev–Trinajstić information content (AvgIpc) is 3.40. The van der Waals surface area contributed by atoms with Gasteiger partial charge in [-0.2, -0.15) is 0 Å². The van der Waals surface area contributed by atoms with Crippen molar-refractivity contribution in [3.05, 3.63) is 114 Å². The number of nitrogens with zero attached hydrogens (tertiary/aromatic N) is 1. The van der Waals surface area contributed by atoms with E-state index >= 15 is 0 Å². The summed E-state index contributed by atoms with van der Waals surface area (Å²) in [5, 5.41) is 2.46. The van der Waals surface area contributed by atoms with Crippen molar-refractivity contribution in [2.75, 3.05) is 0 Å². The number of hydrogen-bond donors (Lipinski definition) is 0. The monoisotopic (exact) mass is 413 g/mol. The first-order valence-corrected chi connectivity index (χ1v) is 11.4. The van der Waals surface area contributed by atoms with Crippen molar-refractivity contribution in [3.63, 3.8) is 0 Å². The predicted molar refractivity (Wildman–Crippen MR) is 133 cm³/mol. The molecule has 2 aliphatic carbocycles. The fourth-order valence-electron chi connectivity index (χ4n) is 5.46. The van der Waals surface area contributed by atoms with E-state index < -0.39 is 0 Å². The minimum Gasteiger partial charge on any atom is -0.484 e. The second kappa shape index (κ2) is 6.86. The van der Waals surface area contributed by atoms with E-state index in [2.05, 4.69) is 108 Å². The molecule has 4 aromatic rings. The molecule has 1 aromatic heterocycles. The molecule has 1 aliphatic heterocycles. The highest BCUT2D eigenvalue weighted by atomic mass is 16.5. The van der Waals surface area contributed by atoms with Crippen LogP contribution >= 0.6 is 0 Å². The molecule has 0 saturated carbocycles. The lowest BCUT2D eigenvalue weighted by Crippen LogP contribution is -2.15. The van der Waals surface area contributed by atoms with Crippen LogP contribution in [0.4, 0.5) is 0 Å². The summed E-state index contributed by atoms with van der Waals surface area (Å²) in [5.41, 5.74) is 7.47. The Bertz CT molecular complexity index is 1490. The van der Waals surface area contributed by atoms with E-state index in [0.717, 1.165) is 18.6 Å². The fraction of sp³-hybridized carbons (Fsp3) is 0.133. The summed E-state index contributed by atoms with van der Waals surface area (Å²) in [6.07, 6.45) is 17.8. The molecule has 0 bridgehead atoms. The van der Waals surface area contributed by atoms with E-state index in [1.54, 1.807) is 0 Å². The number of benzene rings is 3. The Kier molecular flexibility index (Phi) is 3.83. The largest absolute Gasteiger partial charge is 0.484 e. The summed E-state index contributed by atoms with van der Waals surface area (Å²) in [6.45, 7) is 0. The lowest BCUT2D eigenvalue weighted by molar-refractivity contribution is 0.271. The maximum absolute atomic E-state index is 6.51. The van der Waals surface area contributed by atoms with Gasteiger partial charge in [0.2, 0.25) is 0 Å². The zero-order chi connectivity index (χ0) is 21.1. The minimum absolute atomic E-state index is 0.0961. The predicted octanol–water partition coefficient (Wildman–Crippen LogP) is 7.49. The number of para-hydroxylation sites is 1. The molecule has 2 nitrogen and oxygen atoms in total. The smallest absolute Gasteiger partial charge is 0.134 e. The molecule has 0 radical (unpaired) electrons. The van der Waals surface area contributed by atoms with E-state index in [9.17, 15) is 0 Å². The number of rotatable bonds is 2. The normalized spacial score (nSPS) is 20.9. The van der Waals surface area contributed by atoms with Gasteiger partial charge in [-0.05, 0) is 54.3 Å². The zero-order valence-electron chi connectivity index (χ0n) is 17.7. The molecule has 0 spiro atoms. The topological polar surface area (TPSA) is 14.2 Å². The third-order valence-electron chi connectivity index (χ3n) is 6.97. The van der Waals surface area contributed by atoms with Crippen molar-refractivity contribution in [1.29, 1.82) is 0 Å². The van der Waals surface area contributed by atoms with Crippen molar-refractivity contribution >= 4 is 27.4 Å². The zero-order valence-corrected chi connectivity index (χ0v) is 17.7. The van der Waals surface area contributed by atoms with Crippen LogP contribution in [-0.4, -0.2) is 10.7 Å². The van der Waals surface area contributed by atoms with Crippen LogP contribution in [-0.2, 0) is 0 Å². The molecule has 0 N–H and O–H groups in total. The van der Waals surface area contributed by atoms with Crippen LogP contribution in [0.5, 0.6) is 5.75 Å². The summed E-state index contributed by atoms with van der Waals surface area (Å²) in [7, 11) is 0. The SMILES string of the molecule is C1=CC2Oc3c(ccc4c3c3ccccc3n4-c3ccc(C4=CCCC=C4)cc3)[C@H]2C=C1. The molecule has 0 amide bonds. The van der Waals surface area contributed by atoms with Crippen molar-refractivity contribution in [2.24, 2.45) is 0 Å². The molecule has 7 rings (SSSR count). The first-order chi connectivity index (χ1) is 15.9. The van der Waals surface area contributed by atoms with Gasteiger partial charge in [-0.25, -0.2) is 0 Å². The summed E-state index contributed by atoms with van der Waals surface area (Å²) < 4.78 is 8.89. The van der Waals surface area contributed by atoms with Crippen LogP contribution in [0.1, 0.15) is 29.9 Å². The first-order valence-electron chi connectivity index (χ1n) is 11.4. The van der Waals surface area contributed by atoms with Crippen molar-refractivity contribution in [2.45, 2.75) is 24.9 Å². The van der Waals surface area contributed by atoms with E-state index in [1.807, 2.05) is 0 Å². The third-order valence-corrected chi connectivity index (χ3v) is 6.97. The van der Waals surface area contributed by atoms with Crippen LogP contribution in [0.25, 0.3) is 33.1 Å². The average molecular weight is 414 g/mol. The number of hydrogen-bond acceptors (Lipinski definition) is 1. The van der Waals surface area contributed by atoms with E-state index in [4.69, 9.17) is 4.74 Å². The van der Waals surface area contributed by atoms with E-state index in [1.165, 1.54) is 44.2 Å². The van der Waals surface area contributed by atoms with E-state index in [0.29, 0.717) is 5.92 Å². The molecule has 0 saturated heterocycles. The summed E-state index contributed by atoms with van der Waals surface area (Å²) >= 11 is 0. The highest BCUT2D eigenvalue weighted by Gasteiger charge is 2.34. The summed E-state index contributed by atoms with van der Waals surface area (Å²) in [4.78, 5) is 0. The Morgan fingerprint density at radius 1 is 0.812 bits per heavy atom. The molecule has 3 aromatic carbocycles. The molecule has 1 unspecified atom stereocenters. The van der Waals surface area contributed by atoms with Gasteiger partial charge in [-0.3, -0.25) is 0 Å². The Hall–Kier alpha value is -3.78. The first kappa shape index (κ1) is 17.9. The quantitative estimate of drug-likeness (QED) is 0.332. The summed E-state index contributed by atoms with van der Waals surface area (Å²) in [6, 6.07) is 22.2. The van der Waals surface area contributed by atoms with Crippen molar-refractivity contribution in [1.82, 2.24) is 4.57 Å². The van der Waals surface area contributed by atoms with Crippen LogP contribution in [0.3, 0.4) is 0 Å².